The summed E-state index contributed by atoms with van der Waals surface area (Å²) in [4.78, 5) is 0. The smallest absolute Gasteiger partial charge is 0.00815 e. The van der Waals surface area contributed by atoms with Gasteiger partial charge in [0.15, 0.2) is 0 Å². The summed E-state index contributed by atoms with van der Waals surface area (Å²) in [6.45, 7) is 0. The molecule has 1 fully saturated rings. The Morgan fingerprint density at radius 1 is 1.43 bits per heavy atom. The van der Waals surface area contributed by atoms with Gasteiger partial charge in [0, 0.05) is 5.75 Å². The second-order valence-corrected chi connectivity index (χ2v) is 3.95. The van der Waals surface area contributed by atoms with Gasteiger partial charge < -0.3 is 0 Å². The molecule has 0 amide bonds. The van der Waals surface area contributed by atoms with Gasteiger partial charge in [-0.05, 0) is 27.7 Å². The summed E-state index contributed by atoms with van der Waals surface area (Å²) in [5, 5.41) is 0. The third-order valence-electron chi connectivity index (χ3n) is 0.943. The number of hydrogen-bond donors (Lipinski definition) is 1. The largest absolute Gasteiger partial charge is 0.245 e. The van der Waals surface area contributed by atoms with Crippen molar-refractivity contribution in [1.82, 2.24) is 4.49 Å². The van der Waals surface area contributed by atoms with Gasteiger partial charge in [0.25, 0.3) is 0 Å². The molecule has 0 aromatic heterocycles. The second-order valence-electron chi connectivity index (χ2n) is 1.58. The predicted octanol–water partition coefficient (Wildman–Crippen LogP) is 1.61. The summed E-state index contributed by atoms with van der Waals surface area (Å²) in [5.41, 5.74) is 0. The topological polar surface area (TPSA) is 12.0 Å². The zero-order valence-corrected chi connectivity index (χ0v) is 6.05. The Balaban J connectivity index is 2.04. The van der Waals surface area contributed by atoms with Crippen LogP contribution in [0.4, 0.5) is 0 Å². The van der Waals surface area contributed by atoms with Crippen LogP contribution in [0.1, 0.15) is 12.8 Å². The average molecular weight is 135 g/mol. The minimum Gasteiger partial charge on any atom is -0.245 e. The molecule has 1 rings (SSSR count). The summed E-state index contributed by atoms with van der Waals surface area (Å²) >= 11 is 1.88. The van der Waals surface area contributed by atoms with Gasteiger partial charge in [0.2, 0.25) is 0 Å². The third kappa shape index (κ3) is 2.53. The Kier molecular flexibility index (Phi) is 3.11. The minimum atomic E-state index is 1.01. The monoisotopic (exact) mass is 135 g/mol. The fourth-order valence-electron chi connectivity index (χ4n) is 0.541. The van der Waals surface area contributed by atoms with Crippen LogP contribution in [-0.4, -0.2) is 11.9 Å². The van der Waals surface area contributed by atoms with E-state index in [2.05, 4.69) is 4.49 Å². The molecule has 0 aromatic rings. The van der Waals surface area contributed by atoms with E-state index in [-0.39, 0.29) is 0 Å². The number of hydrogen-bond acceptors (Lipinski definition) is 2. The van der Waals surface area contributed by atoms with E-state index in [1.807, 2.05) is 11.9 Å². The predicted molar refractivity (Wildman–Crippen MR) is 38.0 cm³/mol. The van der Waals surface area contributed by atoms with Crippen molar-refractivity contribution in [3.8, 4) is 0 Å². The number of rotatable bonds is 0. The van der Waals surface area contributed by atoms with E-state index in [0.717, 1.165) is 8.73 Å². The van der Waals surface area contributed by atoms with Gasteiger partial charge in [-0.2, -0.15) is 0 Å². The van der Waals surface area contributed by atoms with Gasteiger partial charge in [-0.3, -0.25) is 0 Å². The normalized spacial score (nSPS) is 27.4. The molecule has 0 saturated carbocycles. The highest BCUT2D eigenvalue weighted by Crippen LogP contribution is 2.18. The molecule has 7 heavy (non-hydrogen) atoms. The Labute approximate surface area is 50.6 Å². The molecule has 1 N–H and O–H groups in total. The molecule has 0 radical (unpaired) electrons. The molecule has 3 heteroatoms. The first kappa shape index (κ1) is 5.87. The molecular weight excluding hydrogens is 125 g/mol. The molecule has 1 atom stereocenters. The van der Waals surface area contributed by atoms with E-state index in [9.17, 15) is 0 Å². The molecule has 42 valence electrons. The van der Waals surface area contributed by atoms with Crippen molar-refractivity contribution < 1.29 is 0 Å². The van der Waals surface area contributed by atoms with Gasteiger partial charge in [0.05, 0.1) is 0 Å². The van der Waals surface area contributed by atoms with Gasteiger partial charge in [0.1, 0.15) is 0 Å². The van der Waals surface area contributed by atoms with E-state index in [4.69, 9.17) is 0 Å². The summed E-state index contributed by atoms with van der Waals surface area (Å²) in [6, 6.07) is 0. The molecule has 1 nitrogen and oxygen atoms in total. The maximum Gasteiger partial charge on any atom is 0.00815 e. The zero-order valence-electron chi connectivity index (χ0n) is 4.24. The highest BCUT2D eigenvalue weighted by molar-refractivity contribution is 8.00. The Hall–Kier alpha value is 0.740. The molecule has 0 spiro atoms. The Bertz CT molecular complexity index is 31.3. The van der Waals surface area contributed by atoms with Crippen molar-refractivity contribution in [3.05, 3.63) is 0 Å². The molecular formula is C4H10NPS. The maximum absolute atomic E-state index is 3.29. The molecule has 1 unspecified atom stereocenters. The maximum atomic E-state index is 3.29. The van der Waals surface area contributed by atoms with Gasteiger partial charge in [-0.15, -0.1) is 0 Å². The van der Waals surface area contributed by atoms with E-state index >= 15 is 0 Å². The summed E-state index contributed by atoms with van der Waals surface area (Å²) in [5.74, 6) is 1.31. The Morgan fingerprint density at radius 3 is 3.43 bits per heavy atom. The first-order valence-electron chi connectivity index (χ1n) is 2.60. The van der Waals surface area contributed by atoms with Crippen molar-refractivity contribution >= 4 is 20.7 Å². The summed E-state index contributed by atoms with van der Waals surface area (Å²) in [7, 11) is 1.01. The van der Waals surface area contributed by atoms with Crippen LogP contribution >= 0.6 is 20.7 Å². The molecule has 0 aromatic carbocycles. The van der Waals surface area contributed by atoms with Crippen molar-refractivity contribution in [2.24, 2.45) is 0 Å². The first-order chi connectivity index (χ1) is 3.50. The van der Waals surface area contributed by atoms with Crippen molar-refractivity contribution in [2.45, 2.75) is 12.8 Å². The fraction of sp³-hybridized carbons (Fsp3) is 1.00. The van der Waals surface area contributed by atoms with Crippen LogP contribution in [0, 0.1) is 0 Å². The third-order valence-corrected chi connectivity index (χ3v) is 3.19. The SMILES string of the molecule is C1CCSNPC1. The summed E-state index contributed by atoms with van der Waals surface area (Å²) in [6.07, 6.45) is 4.23. The highest BCUT2D eigenvalue weighted by Gasteiger charge is 1.94. The quantitative estimate of drug-likeness (QED) is 0.400. The van der Waals surface area contributed by atoms with E-state index in [0.29, 0.717) is 0 Å². The van der Waals surface area contributed by atoms with Gasteiger partial charge in [-0.1, -0.05) is 11.9 Å². The molecule has 0 aliphatic carbocycles. The molecule has 1 heterocycles. The van der Waals surface area contributed by atoms with Crippen LogP contribution in [0.15, 0.2) is 0 Å². The molecule has 1 aliphatic heterocycles. The lowest BCUT2D eigenvalue weighted by Gasteiger charge is -1.91. The van der Waals surface area contributed by atoms with E-state index in [1.165, 1.54) is 24.8 Å². The van der Waals surface area contributed by atoms with Crippen LogP contribution in [0.3, 0.4) is 0 Å². The standard InChI is InChI=1S/C4H10NPS/c1-2-4-7-5-6-3-1/h5-6H,1-4H2. The van der Waals surface area contributed by atoms with Crippen LogP contribution in [0.5, 0.6) is 0 Å². The van der Waals surface area contributed by atoms with Crippen LogP contribution in [0.2, 0.25) is 0 Å². The van der Waals surface area contributed by atoms with Gasteiger partial charge >= 0.3 is 0 Å². The van der Waals surface area contributed by atoms with Crippen molar-refractivity contribution in [2.75, 3.05) is 11.9 Å². The van der Waals surface area contributed by atoms with E-state index in [1.54, 1.807) is 0 Å². The van der Waals surface area contributed by atoms with Crippen LogP contribution < -0.4 is 4.49 Å². The van der Waals surface area contributed by atoms with Crippen LogP contribution in [0.25, 0.3) is 0 Å². The van der Waals surface area contributed by atoms with Crippen molar-refractivity contribution in [3.63, 3.8) is 0 Å². The fourth-order valence-corrected chi connectivity index (χ4v) is 2.54. The lowest BCUT2D eigenvalue weighted by atomic mass is 10.4. The molecule has 0 bridgehead atoms. The first-order valence-corrected chi connectivity index (χ1v) is 4.79. The van der Waals surface area contributed by atoms with Crippen LogP contribution in [-0.2, 0) is 0 Å². The Morgan fingerprint density at radius 2 is 2.43 bits per heavy atom. The second kappa shape index (κ2) is 3.71. The minimum absolute atomic E-state index is 1.01. The summed E-state index contributed by atoms with van der Waals surface area (Å²) < 4.78 is 3.29. The highest BCUT2D eigenvalue weighted by atomic mass is 32.2. The van der Waals surface area contributed by atoms with Gasteiger partial charge in [-0.25, -0.2) is 4.49 Å². The lowest BCUT2D eigenvalue weighted by Crippen LogP contribution is -1.83. The zero-order chi connectivity index (χ0) is 4.95. The molecule has 1 aliphatic rings. The van der Waals surface area contributed by atoms with Crippen molar-refractivity contribution in [1.29, 1.82) is 0 Å². The average Bonchev–Trinajstić information content (AvgIpc) is 1.90. The lowest BCUT2D eigenvalue weighted by molar-refractivity contribution is 0.910. The molecule has 1 saturated heterocycles. The van der Waals surface area contributed by atoms with E-state index < -0.39 is 0 Å². The number of nitrogens with one attached hydrogen (secondary N) is 1.